The van der Waals surface area contributed by atoms with E-state index in [-0.39, 0.29) is 67.0 Å². The minimum atomic E-state index is -3.64. The number of pyridine rings is 1. The molecule has 3 aromatic heterocycles. The lowest BCUT2D eigenvalue weighted by Gasteiger charge is -2.38. The first-order valence-electron chi connectivity index (χ1n) is 33.6. The molecule has 4 aliphatic rings. The van der Waals surface area contributed by atoms with Crippen LogP contribution in [0.3, 0.4) is 0 Å². The quantitative estimate of drug-likeness (QED) is 0.00840. The van der Waals surface area contributed by atoms with Crippen molar-refractivity contribution in [2.75, 3.05) is 88.9 Å². The first-order valence-corrected chi connectivity index (χ1v) is 35.1. The van der Waals surface area contributed by atoms with E-state index in [1.807, 2.05) is 24.6 Å². The number of sulfonamides is 1. The fourth-order valence-corrected chi connectivity index (χ4v) is 12.8. The highest BCUT2D eigenvalue weighted by atomic mass is 32.2. The summed E-state index contributed by atoms with van der Waals surface area (Å²) in [6.07, 6.45) is 10.1. The number of fused-ring (bicyclic) bond motifs is 14. The van der Waals surface area contributed by atoms with Crippen molar-refractivity contribution in [1.82, 2.24) is 35.4 Å². The average Bonchev–Trinajstić information content (AvgIpc) is 1.61. The van der Waals surface area contributed by atoms with Crippen LogP contribution in [0.4, 0.5) is 29.0 Å². The van der Waals surface area contributed by atoms with E-state index < -0.39 is 98.8 Å². The van der Waals surface area contributed by atoms with E-state index >= 15 is 0 Å². The monoisotopic (exact) mass is 1500 g/mol. The SMILES string of the molecule is CO[C@H]1/C=C/O[C@@]2(C)Oc3c(C)c(O)c4c(O)c(c(/C=N\N5CCN(C)CC5)c(O)c4c3C2=O)NC(=O)/C(C)=C\C=C\[C@H](C)[C@H](O)[C@@H](C)[C@@H](O)[C@@H](C)[C@H](OC(C)=O)[C@@H]1C.COc1cc(Cc2cnc(N)nc2N)cc(OC)c1OC.Cc1cc(NS(=O)(=O)c2ccc(N)cc2)no1.NNC(=O)c1ccncc1. The van der Waals surface area contributed by atoms with E-state index in [4.69, 9.17) is 60.7 Å². The highest BCUT2D eigenvalue weighted by Gasteiger charge is 2.50. The van der Waals surface area contributed by atoms with Crippen molar-refractivity contribution in [1.29, 1.82) is 0 Å². The second kappa shape index (κ2) is 36.6. The number of methoxy groups -OCH3 is 4. The number of rotatable bonds is 13. The Hall–Kier alpha value is -11.3. The van der Waals surface area contributed by atoms with Crippen molar-refractivity contribution in [3.8, 4) is 40.2 Å². The number of ketones is 1. The number of hydrazine groups is 1. The highest BCUT2D eigenvalue weighted by molar-refractivity contribution is 7.92. The molecule has 0 unspecified atom stereocenters. The van der Waals surface area contributed by atoms with Gasteiger partial charge in [0.1, 0.15) is 34.9 Å². The number of anilines is 5. The van der Waals surface area contributed by atoms with Crippen LogP contribution in [-0.4, -0.2) is 186 Å². The Morgan fingerprint density at radius 1 is 0.841 bits per heavy atom. The molecule has 4 aliphatic heterocycles. The first-order chi connectivity index (χ1) is 50.6. The Balaban J connectivity index is 0.000000264. The van der Waals surface area contributed by atoms with Crippen LogP contribution < -0.4 is 57.5 Å². The molecule has 33 nitrogen and oxygen atoms in total. The normalized spacial score (nSPS) is 22.3. The Morgan fingerprint density at radius 3 is 2.06 bits per heavy atom. The number of aromatic hydroxyl groups is 3. The van der Waals surface area contributed by atoms with Crippen LogP contribution in [0.1, 0.15) is 97.2 Å². The van der Waals surface area contributed by atoms with Gasteiger partial charge < -0.3 is 90.6 Å². The molecule has 1 saturated heterocycles. The van der Waals surface area contributed by atoms with Crippen LogP contribution in [0.5, 0.6) is 40.2 Å². The third-order valence-corrected chi connectivity index (χ3v) is 19.4. The Bertz CT molecular complexity index is 4530. The zero-order valence-corrected chi connectivity index (χ0v) is 62.7. The Kier molecular flexibility index (Phi) is 28.4. The van der Waals surface area contributed by atoms with Gasteiger partial charge in [0.25, 0.3) is 27.6 Å². The highest BCUT2D eigenvalue weighted by Crippen LogP contribution is 2.55. The standard InChI is InChI=1S/C43H58N4O12.C14H18N4O3.C10H11N3O3S.C6H7N3O/c1-21-12-11-13-22(2)42(55)45-33-28(20-44-47-17-15-46(9)16-18-47)37(52)30-31(38(33)53)36(51)26(6)40-32(30)41(54)43(8,59-40)57-19-14-29(56-10)23(3)39(58-27(7)48)25(5)35(50)24(4)34(21)49;1-19-10-5-8(6-11(20-2)12(10)21-3)4-9-7-17-14(16)18-13(9)15;1-7-6-10(12-16-7)13-17(14,15)9-4-2-8(11)3-5-9;7-9-6(10)5-1-3-8-4-2-5/h11-14,19-21,23-25,29,34-35,39,49-53H,15-18H2,1-10H3,(H,45,55);5-7H,4H2,1-3H3,(H4,15,16,17,18);2-6H,11H2,1H3,(H,12,13);1-4H,7H2,(H,9,10)/b12-11+,19-14+,22-13-,44-20-;;;/t21-,23+,24+,25+,29-,34-,35+,39+,43-;;;/m0.../s1. The number of aryl methyl sites for hydroxylation is 1. The number of nitrogen functional groups attached to an aromatic ring is 4. The number of allylic oxidation sites excluding steroid dienone is 2. The van der Waals surface area contributed by atoms with Crippen molar-refractivity contribution in [2.24, 2.45) is 34.6 Å². The number of amides is 2. The van der Waals surface area contributed by atoms with Crippen molar-refractivity contribution in [3.63, 3.8) is 0 Å². The molecule has 0 saturated carbocycles. The largest absolute Gasteiger partial charge is 0.507 e. The van der Waals surface area contributed by atoms with Crippen LogP contribution in [-0.2, 0) is 40.2 Å². The lowest BCUT2D eigenvalue weighted by molar-refractivity contribution is -0.160. The van der Waals surface area contributed by atoms with Gasteiger partial charge in [0.15, 0.2) is 23.1 Å². The fourth-order valence-electron chi connectivity index (χ4n) is 11.8. The molecule has 0 spiro atoms. The number of phenolic OH excluding ortho intramolecular Hbond substituents is 3. The predicted octanol–water partition coefficient (Wildman–Crippen LogP) is 6.64. The second-order valence-corrected chi connectivity index (χ2v) is 27.4. The van der Waals surface area contributed by atoms with Gasteiger partial charge in [-0.2, -0.15) is 10.1 Å². The number of carbonyl (C=O) groups excluding carboxylic acids is 4. The number of likely N-dealkylation sites (N-methyl/N-ethyl adjacent to an activating group) is 1. The number of piperazine rings is 1. The summed E-state index contributed by atoms with van der Waals surface area (Å²) >= 11 is 0. The lowest BCUT2D eigenvalue weighted by Crippen LogP contribution is -2.46. The number of carbonyl (C=O) groups is 4. The smallest absolute Gasteiger partial charge is 0.312 e. The van der Waals surface area contributed by atoms with E-state index in [0.29, 0.717) is 59.6 Å². The fraction of sp³-hybridized carbons (Fsp3) is 0.384. The number of phenols is 3. The van der Waals surface area contributed by atoms with Gasteiger partial charge in [-0.25, -0.2) is 19.2 Å². The molecule has 7 aromatic rings. The van der Waals surface area contributed by atoms with Gasteiger partial charge in [0, 0.05) is 135 Å². The summed E-state index contributed by atoms with van der Waals surface area (Å²) in [6.45, 7) is 16.8. The minimum Gasteiger partial charge on any atom is -0.507 e. The van der Waals surface area contributed by atoms with Gasteiger partial charge in [0.05, 0.1) is 79.2 Å². The van der Waals surface area contributed by atoms with Crippen LogP contribution in [0.2, 0.25) is 0 Å². The molecule has 5 bridgehead atoms. The summed E-state index contributed by atoms with van der Waals surface area (Å²) in [4.78, 5) is 65.1. The molecule has 107 heavy (non-hydrogen) atoms. The number of aromatic nitrogens is 4. The molecule has 9 atom stereocenters. The van der Waals surface area contributed by atoms with Crippen LogP contribution in [0.15, 0.2) is 124 Å². The molecule has 4 aromatic carbocycles. The summed E-state index contributed by atoms with van der Waals surface area (Å²) in [6, 6.07) is 14.3. The van der Waals surface area contributed by atoms with E-state index in [2.05, 4.69) is 40.1 Å². The van der Waals surface area contributed by atoms with Crippen LogP contribution in [0.25, 0.3) is 10.8 Å². The zero-order chi connectivity index (χ0) is 78.9. The minimum absolute atomic E-state index is 0.0559. The van der Waals surface area contributed by atoms with Crippen molar-refractivity contribution in [3.05, 3.63) is 148 Å². The average molecular weight is 1500 g/mol. The zero-order valence-electron chi connectivity index (χ0n) is 61.8. The number of hydrogen-bond donors (Lipinski definition) is 12. The number of aliphatic hydroxyl groups excluding tert-OH is 2. The predicted molar refractivity (Wildman–Crippen MR) is 399 cm³/mol. The van der Waals surface area contributed by atoms with E-state index in [1.54, 1.807) is 91.4 Å². The molecule has 16 N–H and O–H groups in total. The molecule has 11 rings (SSSR count). The number of nitrogens with one attached hydrogen (secondary N) is 3. The third kappa shape index (κ3) is 20.2. The van der Waals surface area contributed by atoms with Crippen molar-refractivity contribution >= 4 is 79.5 Å². The summed E-state index contributed by atoms with van der Waals surface area (Å²) in [5.41, 5.74) is 21.2. The molecule has 0 aliphatic carbocycles. The number of Topliss-reactive ketones (excluding diaryl/α,β-unsaturated/α-hetero) is 1. The number of hydrogen-bond acceptors (Lipinski definition) is 30. The summed E-state index contributed by atoms with van der Waals surface area (Å²) in [7, 11) is 4.48. The molecular formula is C73H94N14O19S. The maximum atomic E-state index is 14.4. The summed E-state index contributed by atoms with van der Waals surface area (Å²) in [5.74, 6) is -0.854. The van der Waals surface area contributed by atoms with Gasteiger partial charge >= 0.3 is 11.8 Å². The van der Waals surface area contributed by atoms with Crippen molar-refractivity contribution in [2.45, 2.75) is 104 Å². The molecule has 34 heteroatoms. The molecule has 7 heterocycles. The molecule has 1 fully saturated rings. The van der Waals surface area contributed by atoms with E-state index in [0.717, 1.165) is 24.2 Å². The number of ether oxygens (including phenoxy) is 7. The number of benzene rings is 4. The maximum absolute atomic E-state index is 14.4. The van der Waals surface area contributed by atoms with E-state index in [1.165, 1.54) is 102 Å². The Labute approximate surface area is 619 Å². The Morgan fingerprint density at radius 2 is 1.49 bits per heavy atom. The van der Waals surface area contributed by atoms with Gasteiger partial charge in [-0.1, -0.05) is 51.1 Å². The number of nitrogens with zero attached hydrogens (tertiary/aromatic N) is 7. The van der Waals surface area contributed by atoms with Crippen molar-refractivity contribution < 1.29 is 90.8 Å². The first kappa shape index (κ1) is 83.0. The van der Waals surface area contributed by atoms with Gasteiger partial charge in [-0.15, -0.1) is 0 Å². The molecule has 2 amide bonds. The molecular weight excluding hydrogens is 1410 g/mol. The number of aliphatic hydroxyl groups is 2. The lowest BCUT2D eigenvalue weighted by atomic mass is 9.78. The number of hydrazone groups is 1. The second-order valence-electron chi connectivity index (χ2n) is 25.7. The molecule has 0 radical (unpaired) electrons. The van der Waals surface area contributed by atoms with E-state index in [9.17, 15) is 53.1 Å². The van der Waals surface area contributed by atoms with Crippen LogP contribution in [0, 0.1) is 37.5 Å². The van der Waals surface area contributed by atoms with Gasteiger partial charge in [-0.05, 0) is 88.0 Å². The van der Waals surface area contributed by atoms with Crippen LogP contribution >= 0.6 is 0 Å². The van der Waals surface area contributed by atoms with Gasteiger partial charge in [-0.3, -0.25) is 39.3 Å². The summed E-state index contributed by atoms with van der Waals surface area (Å²) in [5, 5.41) is 70.4. The maximum Gasteiger partial charge on any atom is 0.312 e. The summed E-state index contributed by atoms with van der Waals surface area (Å²) < 4.78 is 70.4. The number of esters is 1. The topological polar surface area (TPSA) is 492 Å². The third-order valence-electron chi connectivity index (χ3n) is 18.0. The van der Waals surface area contributed by atoms with Gasteiger partial charge in [0.2, 0.25) is 11.7 Å². The molecule has 576 valence electrons. The number of nitrogens with two attached hydrogens (primary N) is 4.